The molecule has 1 heterocycles. The number of hydrogen-bond acceptors (Lipinski definition) is 4. The Bertz CT molecular complexity index is 639. The van der Waals surface area contributed by atoms with Crippen LogP contribution in [0.1, 0.15) is 5.56 Å². The van der Waals surface area contributed by atoms with Crippen LogP contribution in [0.4, 0.5) is 5.69 Å². The van der Waals surface area contributed by atoms with E-state index in [4.69, 9.17) is 0 Å². The van der Waals surface area contributed by atoms with Gasteiger partial charge in [0.2, 0.25) is 0 Å². The first-order chi connectivity index (χ1) is 8.66. The van der Waals surface area contributed by atoms with E-state index in [9.17, 15) is 4.79 Å². The number of benzene rings is 1. The molecule has 1 aromatic heterocycles. The molecule has 0 amide bonds. The Morgan fingerprint density at radius 1 is 1.39 bits per heavy atom. The molecule has 0 unspecified atom stereocenters. The van der Waals surface area contributed by atoms with Crippen molar-refractivity contribution in [1.29, 1.82) is 0 Å². The van der Waals surface area contributed by atoms with E-state index in [0.717, 1.165) is 10.0 Å². The first kappa shape index (κ1) is 13.0. The monoisotopic (exact) mass is 370 g/mol. The molecular formula is C11H8Br2N4O. The van der Waals surface area contributed by atoms with Gasteiger partial charge in [0.05, 0.1) is 18.1 Å². The molecule has 2 rings (SSSR count). The SMILES string of the molecule is O=c1[nH]ncc(N/N=C/c2cccc(Br)c2)c1Br. The van der Waals surface area contributed by atoms with Crippen LogP contribution in [0.3, 0.4) is 0 Å². The maximum atomic E-state index is 11.3. The molecule has 7 heteroatoms. The van der Waals surface area contributed by atoms with Gasteiger partial charge < -0.3 is 0 Å². The highest BCUT2D eigenvalue weighted by atomic mass is 79.9. The van der Waals surface area contributed by atoms with Crippen molar-refractivity contribution in [1.82, 2.24) is 10.2 Å². The minimum atomic E-state index is -0.308. The van der Waals surface area contributed by atoms with Crippen LogP contribution >= 0.6 is 31.9 Å². The smallest absolute Gasteiger partial charge is 0.275 e. The van der Waals surface area contributed by atoms with Crippen LogP contribution in [0.2, 0.25) is 0 Å². The van der Waals surface area contributed by atoms with Gasteiger partial charge in [-0.25, -0.2) is 5.10 Å². The molecule has 0 atom stereocenters. The molecular weight excluding hydrogens is 364 g/mol. The summed E-state index contributed by atoms with van der Waals surface area (Å²) in [7, 11) is 0. The zero-order chi connectivity index (χ0) is 13.0. The average molecular weight is 372 g/mol. The molecule has 0 aliphatic heterocycles. The number of nitrogens with zero attached hydrogens (tertiary/aromatic N) is 2. The van der Waals surface area contributed by atoms with E-state index in [1.807, 2.05) is 24.3 Å². The van der Waals surface area contributed by atoms with E-state index in [-0.39, 0.29) is 5.56 Å². The highest BCUT2D eigenvalue weighted by molar-refractivity contribution is 9.10. The van der Waals surface area contributed by atoms with Crippen molar-refractivity contribution in [2.45, 2.75) is 0 Å². The van der Waals surface area contributed by atoms with Gasteiger partial charge in [0.25, 0.3) is 5.56 Å². The Labute approximate surface area is 120 Å². The van der Waals surface area contributed by atoms with Crippen molar-refractivity contribution in [3.05, 3.63) is 55.3 Å². The summed E-state index contributed by atoms with van der Waals surface area (Å²) in [6.45, 7) is 0. The molecule has 0 aliphatic rings. The van der Waals surface area contributed by atoms with Crippen LogP contribution in [0, 0.1) is 0 Å². The Morgan fingerprint density at radius 2 is 2.22 bits per heavy atom. The minimum absolute atomic E-state index is 0.308. The summed E-state index contributed by atoms with van der Waals surface area (Å²) in [6.07, 6.45) is 3.13. The lowest BCUT2D eigenvalue weighted by atomic mass is 10.2. The van der Waals surface area contributed by atoms with Gasteiger partial charge in [-0.1, -0.05) is 28.1 Å². The van der Waals surface area contributed by atoms with Crippen molar-refractivity contribution in [2.75, 3.05) is 5.43 Å². The van der Waals surface area contributed by atoms with E-state index in [0.29, 0.717) is 10.2 Å². The highest BCUT2D eigenvalue weighted by Crippen LogP contribution is 2.15. The number of rotatable bonds is 3. The van der Waals surface area contributed by atoms with Crippen molar-refractivity contribution >= 4 is 43.8 Å². The molecule has 0 saturated heterocycles. The lowest BCUT2D eigenvalue weighted by Crippen LogP contribution is -2.10. The summed E-state index contributed by atoms with van der Waals surface area (Å²) in [6, 6.07) is 7.69. The summed E-state index contributed by atoms with van der Waals surface area (Å²) in [5.74, 6) is 0. The van der Waals surface area contributed by atoms with Crippen LogP contribution in [0.5, 0.6) is 0 Å². The van der Waals surface area contributed by atoms with Gasteiger partial charge in [-0.3, -0.25) is 10.2 Å². The topological polar surface area (TPSA) is 70.1 Å². The molecule has 0 radical (unpaired) electrons. The largest absolute Gasteiger partial charge is 0.280 e. The van der Waals surface area contributed by atoms with Crippen LogP contribution in [-0.2, 0) is 0 Å². The molecule has 2 N–H and O–H groups in total. The van der Waals surface area contributed by atoms with Crippen LogP contribution in [0.15, 0.2) is 49.3 Å². The first-order valence-corrected chi connectivity index (χ1v) is 6.53. The molecule has 1 aromatic carbocycles. The predicted molar refractivity (Wildman–Crippen MR) is 77.9 cm³/mol. The molecule has 92 valence electrons. The van der Waals surface area contributed by atoms with Crippen LogP contribution in [0.25, 0.3) is 0 Å². The Kier molecular flexibility index (Phi) is 4.27. The average Bonchev–Trinajstić information content (AvgIpc) is 2.35. The third-order valence-corrected chi connectivity index (χ3v) is 3.32. The van der Waals surface area contributed by atoms with Gasteiger partial charge in [-0.2, -0.15) is 10.2 Å². The number of nitrogens with one attached hydrogen (secondary N) is 2. The Hall–Kier alpha value is -1.47. The van der Waals surface area contributed by atoms with E-state index in [2.05, 4.69) is 52.6 Å². The molecule has 0 saturated carbocycles. The number of anilines is 1. The second-order valence-electron chi connectivity index (χ2n) is 3.35. The molecule has 0 fully saturated rings. The lowest BCUT2D eigenvalue weighted by Gasteiger charge is -2.00. The van der Waals surface area contributed by atoms with Gasteiger partial charge in [0, 0.05) is 4.47 Å². The standard InChI is InChI=1S/C11H8Br2N4O/c12-8-3-1-2-7(4-8)5-14-16-9-6-15-17-11(18)10(9)13/h1-6H,(H2,16,17,18)/b14-5+. The molecule has 5 nitrogen and oxygen atoms in total. The fourth-order valence-corrected chi connectivity index (χ4v) is 1.92. The first-order valence-electron chi connectivity index (χ1n) is 4.94. The van der Waals surface area contributed by atoms with E-state index < -0.39 is 0 Å². The van der Waals surface area contributed by atoms with E-state index in [1.54, 1.807) is 6.21 Å². The van der Waals surface area contributed by atoms with Crippen LogP contribution in [-0.4, -0.2) is 16.4 Å². The van der Waals surface area contributed by atoms with Crippen molar-refractivity contribution in [2.24, 2.45) is 5.10 Å². The molecule has 18 heavy (non-hydrogen) atoms. The molecule has 2 aromatic rings. The number of halogens is 2. The van der Waals surface area contributed by atoms with E-state index in [1.165, 1.54) is 6.20 Å². The van der Waals surface area contributed by atoms with Gasteiger partial charge in [0.1, 0.15) is 4.47 Å². The summed E-state index contributed by atoms with van der Waals surface area (Å²) in [5.41, 5.74) is 3.88. The lowest BCUT2D eigenvalue weighted by molar-refractivity contribution is 0.977. The zero-order valence-electron chi connectivity index (χ0n) is 9.02. The van der Waals surface area contributed by atoms with Crippen molar-refractivity contribution in [3.8, 4) is 0 Å². The maximum absolute atomic E-state index is 11.3. The number of hydrazone groups is 1. The van der Waals surface area contributed by atoms with Gasteiger partial charge in [0.15, 0.2) is 0 Å². The fraction of sp³-hybridized carbons (Fsp3) is 0. The Morgan fingerprint density at radius 3 is 3.00 bits per heavy atom. The second kappa shape index (κ2) is 5.92. The minimum Gasteiger partial charge on any atom is -0.275 e. The maximum Gasteiger partial charge on any atom is 0.280 e. The number of aromatic nitrogens is 2. The van der Waals surface area contributed by atoms with Gasteiger partial charge in [-0.05, 0) is 33.6 Å². The fourth-order valence-electron chi connectivity index (χ4n) is 1.22. The Balaban J connectivity index is 2.12. The zero-order valence-corrected chi connectivity index (χ0v) is 12.2. The van der Waals surface area contributed by atoms with E-state index >= 15 is 0 Å². The van der Waals surface area contributed by atoms with Gasteiger partial charge in [-0.15, -0.1) is 0 Å². The molecule has 0 spiro atoms. The third-order valence-electron chi connectivity index (χ3n) is 2.04. The van der Waals surface area contributed by atoms with Crippen molar-refractivity contribution < 1.29 is 0 Å². The molecule has 0 bridgehead atoms. The normalized spacial score (nSPS) is 10.8. The number of H-pyrrole nitrogens is 1. The van der Waals surface area contributed by atoms with Gasteiger partial charge >= 0.3 is 0 Å². The second-order valence-corrected chi connectivity index (χ2v) is 5.06. The molecule has 0 aliphatic carbocycles. The summed E-state index contributed by atoms with van der Waals surface area (Å²) in [5, 5.41) is 10.0. The number of hydrogen-bond donors (Lipinski definition) is 2. The van der Waals surface area contributed by atoms with Crippen LogP contribution < -0.4 is 11.0 Å². The highest BCUT2D eigenvalue weighted by Gasteiger charge is 2.02. The summed E-state index contributed by atoms with van der Waals surface area (Å²) < 4.78 is 1.34. The predicted octanol–water partition coefficient (Wildman–Crippen LogP) is 2.74. The quantitative estimate of drug-likeness (QED) is 0.643. The summed E-state index contributed by atoms with van der Waals surface area (Å²) in [4.78, 5) is 11.3. The number of aromatic amines is 1. The van der Waals surface area contributed by atoms with Crippen molar-refractivity contribution in [3.63, 3.8) is 0 Å². The summed E-state index contributed by atoms with van der Waals surface area (Å²) >= 11 is 6.53. The third kappa shape index (κ3) is 3.27.